The summed E-state index contributed by atoms with van der Waals surface area (Å²) in [7, 11) is 0.522. The molecule has 0 bridgehead atoms. The first kappa shape index (κ1) is 16.8. The highest BCUT2D eigenvalue weighted by molar-refractivity contribution is 7.40. The Hall–Kier alpha value is -1.61. The van der Waals surface area contributed by atoms with Crippen molar-refractivity contribution in [1.29, 1.82) is 0 Å². The van der Waals surface area contributed by atoms with Crippen molar-refractivity contribution in [2.24, 2.45) is 17.6 Å². The zero-order valence-electron chi connectivity index (χ0n) is 12.6. The van der Waals surface area contributed by atoms with E-state index in [1.807, 2.05) is 0 Å². The minimum absolute atomic E-state index is 0.0418. The number of nitrogens with two attached hydrogens (primary N) is 1. The van der Waals surface area contributed by atoms with Crippen LogP contribution in [0.2, 0.25) is 0 Å². The summed E-state index contributed by atoms with van der Waals surface area (Å²) in [4.78, 5) is 22.8. The standard InChI is InChI=1S/C16H22NO4P/c1-10-4-3-7-22-15(16(17)20)12(10)9-21-14-6-2-5-13(19)11(14)8-18/h2,5-6,8,10,12,15,19,22H,3-4,7,9H2,1H3,(H2,17,20). The number of benzene rings is 1. The van der Waals surface area contributed by atoms with Gasteiger partial charge < -0.3 is 15.6 Å². The van der Waals surface area contributed by atoms with Crippen molar-refractivity contribution in [3.8, 4) is 11.5 Å². The van der Waals surface area contributed by atoms with E-state index in [4.69, 9.17) is 10.5 Å². The summed E-state index contributed by atoms with van der Waals surface area (Å²) < 4.78 is 5.76. The Morgan fingerprint density at radius 3 is 3.00 bits per heavy atom. The molecule has 3 N–H and O–H groups in total. The summed E-state index contributed by atoms with van der Waals surface area (Å²) in [6.07, 6.45) is 3.76. The van der Waals surface area contributed by atoms with Gasteiger partial charge in [-0.05, 0) is 37.1 Å². The molecule has 4 atom stereocenters. The smallest absolute Gasteiger partial charge is 0.225 e. The zero-order valence-corrected chi connectivity index (χ0v) is 13.6. The molecule has 5 nitrogen and oxygen atoms in total. The van der Waals surface area contributed by atoms with Gasteiger partial charge in [-0.25, -0.2) is 0 Å². The van der Waals surface area contributed by atoms with Crippen molar-refractivity contribution in [1.82, 2.24) is 0 Å². The molecular formula is C16H22NO4P. The topological polar surface area (TPSA) is 89.6 Å². The SMILES string of the molecule is CC1CCCPC(C(N)=O)C1COc1cccc(O)c1C=O. The van der Waals surface area contributed by atoms with Gasteiger partial charge in [-0.15, -0.1) is 8.58 Å². The highest BCUT2D eigenvalue weighted by atomic mass is 31.1. The quantitative estimate of drug-likeness (QED) is 0.642. The third-order valence-corrected chi connectivity index (χ3v) is 6.05. The molecule has 1 aromatic rings. The van der Waals surface area contributed by atoms with Gasteiger partial charge in [0.25, 0.3) is 0 Å². The molecular weight excluding hydrogens is 301 g/mol. The maximum absolute atomic E-state index is 11.7. The maximum Gasteiger partial charge on any atom is 0.225 e. The van der Waals surface area contributed by atoms with Gasteiger partial charge in [-0.3, -0.25) is 9.59 Å². The molecule has 1 saturated heterocycles. The number of rotatable bonds is 5. The lowest BCUT2D eigenvalue weighted by atomic mass is 9.88. The summed E-state index contributed by atoms with van der Waals surface area (Å²) in [5, 5.41) is 9.68. The van der Waals surface area contributed by atoms with Crippen molar-refractivity contribution in [3.63, 3.8) is 0 Å². The molecule has 1 aliphatic rings. The number of ether oxygens (including phenoxy) is 1. The fourth-order valence-electron chi connectivity index (χ4n) is 2.91. The second-order valence-corrected chi connectivity index (χ2v) is 7.27. The molecule has 2 rings (SSSR count). The summed E-state index contributed by atoms with van der Waals surface area (Å²) in [5.41, 5.74) is 5.52. The minimum atomic E-state index is -0.271. The highest BCUT2D eigenvalue weighted by Crippen LogP contribution is 2.38. The van der Waals surface area contributed by atoms with Crippen LogP contribution in [0.25, 0.3) is 0 Å². The van der Waals surface area contributed by atoms with E-state index >= 15 is 0 Å². The van der Waals surface area contributed by atoms with Crippen LogP contribution in [0.3, 0.4) is 0 Å². The van der Waals surface area contributed by atoms with Gasteiger partial charge in [0.05, 0.1) is 17.8 Å². The van der Waals surface area contributed by atoms with E-state index in [-0.39, 0.29) is 28.8 Å². The van der Waals surface area contributed by atoms with Gasteiger partial charge in [0.2, 0.25) is 5.91 Å². The number of phenolic OH excluding ortho intramolecular Hbond substituents is 1. The van der Waals surface area contributed by atoms with Gasteiger partial charge in [0, 0.05) is 5.92 Å². The molecule has 0 aliphatic carbocycles. The van der Waals surface area contributed by atoms with Crippen LogP contribution in [0.4, 0.5) is 0 Å². The first-order valence-electron chi connectivity index (χ1n) is 7.47. The Labute approximate surface area is 132 Å². The van der Waals surface area contributed by atoms with Crippen LogP contribution in [-0.4, -0.2) is 35.7 Å². The van der Waals surface area contributed by atoms with Gasteiger partial charge in [0.1, 0.15) is 11.5 Å². The number of hydrogen-bond donors (Lipinski definition) is 2. The third kappa shape index (κ3) is 3.77. The van der Waals surface area contributed by atoms with E-state index in [9.17, 15) is 14.7 Å². The molecule has 1 amide bonds. The largest absolute Gasteiger partial charge is 0.507 e. The number of phenols is 1. The molecule has 6 heteroatoms. The molecule has 4 unspecified atom stereocenters. The molecule has 0 saturated carbocycles. The number of carbonyl (C=O) groups excluding carboxylic acids is 2. The van der Waals surface area contributed by atoms with Crippen LogP contribution in [0.15, 0.2) is 18.2 Å². The predicted molar refractivity (Wildman–Crippen MR) is 87.0 cm³/mol. The second-order valence-electron chi connectivity index (χ2n) is 5.74. The van der Waals surface area contributed by atoms with Crippen LogP contribution in [0, 0.1) is 11.8 Å². The lowest BCUT2D eigenvalue weighted by Gasteiger charge is -2.27. The average Bonchev–Trinajstić information content (AvgIpc) is 2.67. The predicted octanol–water partition coefficient (Wildman–Crippen LogP) is 2.16. The van der Waals surface area contributed by atoms with E-state index in [0.29, 0.717) is 33.1 Å². The minimum Gasteiger partial charge on any atom is -0.507 e. The fourth-order valence-corrected chi connectivity index (χ4v) is 4.56. The lowest BCUT2D eigenvalue weighted by molar-refractivity contribution is -0.119. The normalized spacial score (nSPS) is 26.3. The van der Waals surface area contributed by atoms with Crippen LogP contribution in [0.1, 0.15) is 30.1 Å². The van der Waals surface area contributed by atoms with Gasteiger partial charge in [-0.2, -0.15) is 0 Å². The molecule has 22 heavy (non-hydrogen) atoms. The number of aldehydes is 1. The zero-order chi connectivity index (χ0) is 16.1. The Balaban J connectivity index is 2.15. The molecule has 1 aliphatic heterocycles. The van der Waals surface area contributed by atoms with Crippen molar-refractivity contribution in [2.75, 3.05) is 12.8 Å². The Morgan fingerprint density at radius 1 is 1.55 bits per heavy atom. The Morgan fingerprint density at radius 2 is 2.32 bits per heavy atom. The average molecular weight is 323 g/mol. The molecule has 0 spiro atoms. The van der Waals surface area contributed by atoms with Gasteiger partial charge in [0.15, 0.2) is 6.29 Å². The Bertz CT molecular complexity index is 549. The molecule has 0 aromatic heterocycles. The first-order chi connectivity index (χ1) is 10.5. The molecule has 1 fully saturated rings. The number of carbonyl (C=O) groups is 2. The summed E-state index contributed by atoms with van der Waals surface area (Å²) in [6.45, 7) is 2.44. The number of aromatic hydroxyl groups is 1. The van der Waals surface area contributed by atoms with Gasteiger partial charge in [-0.1, -0.05) is 13.0 Å². The van der Waals surface area contributed by atoms with Crippen LogP contribution >= 0.6 is 8.58 Å². The van der Waals surface area contributed by atoms with E-state index in [2.05, 4.69) is 6.92 Å². The van der Waals surface area contributed by atoms with Crippen LogP contribution in [0.5, 0.6) is 11.5 Å². The van der Waals surface area contributed by atoms with Crippen molar-refractivity contribution < 1.29 is 19.4 Å². The number of amides is 1. The number of hydrogen-bond acceptors (Lipinski definition) is 4. The molecule has 1 aromatic carbocycles. The van der Waals surface area contributed by atoms with E-state index in [0.717, 1.165) is 19.0 Å². The van der Waals surface area contributed by atoms with Crippen LogP contribution in [-0.2, 0) is 4.79 Å². The van der Waals surface area contributed by atoms with Crippen LogP contribution < -0.4 is 10.5 Å². The lowest BCUT2D eigenvalue weighted by Crippen LogP contribution is -2.37. The van der Waals surface area contributed by atoms with E-state index in [1.165, 1.54) is 6.07 Å². The highest BCUT2D eigenvalue weighted by Gasteiger charge is 2.33. The second kappa shape index (κ2) is 7.59. The van der Waals surface area contributed by atoms with Crippen molar-refractivity contribution in [3.05, 3.63) is 23.8 Å². The van der Waals surface area contributed by atoms with Crippen molar-refractivity contribution in [2.45, 2.75) is 25.4 Å². The summed E-state index contributed by atoms with van der Waals surface area (Å²) in [5.74, 6) is 0.351. The number of primary amides is 1. The molecule has 0 radical (unpaired) electrons. The van der Waals surface area contributed by atoms with Gasteiger partial charge >= 0.3 is 0 Å². The maximum atomic E-state index is 11.7. The first-order valence-corrected chi connectivity index (χ1v) is 8.75. The third-order valence-electron chi connectivity index (χ3n) is 4.26. The Kier molecular flexibility index (Phi) is 5.78. The molecule has 120 valence electrons. The molecule has 1 heterocycles. The summed E-state index contributed by atoms with van der Waals surface area (Å²) in [6, 6.07) is 4.71. The van der Waals surface area contributed by atoms with E-state index in [1.54, 1.807) is 12.1 Å². The fraction of sp³-hybridized carbons (Fsp3) is 0.500. The summed E-state index contributed by atoms with van der Waals surface area (Å²) >= 11 is 0. The monoisotopic (exact) mass is 323 g/mol. The van der Waals surface area contributed by atoms with Crippen molar-refractivity contribution >= 4 is 20.8 Å². The van der Waals surface area contributed by atoms with E-state index < -0.39 is 0 Å².